The number of primary amides is 1. The number of carbonyl (C=O) groups is 1. The average molecular weight is 157 g/mol. The highest BCUT2D eigenvalue weighted by Gasteiger charge is 2.08. The lowest BCUT2D eigenvalue weighted by molar-refractivity contribution is 0.173. The minimum absolute atomic E-state index is 1.32. The molecule has 54 valence electrons. The van der Waals surface area contributed by atoms with Crippen LogP contribution in [0, 0.1) is 0 Å². The van der Waals surface area contributed by atoms with Crippen LogP contribution in [-0.4, -0.2) is 20.4 Å². The third kappa shape index (κ3) is 7.15. The maximum Gasteiger partial charge on any atom is 0.405 e. The molecule has 7 heteroatoms. The summed E-state index contributed by atoms with van der Waals surface area (Å²) in [6.45, 7) is 0. The largest absolute Gasteiger partial charge is 0.430 e. The van der Waals surface area contributed by atoms with Crippen molar-refractivity contribution in [1.82, 2.24) is 0 Å². The second-order valence-electron chi connectivity index (χ2n) is 1.12. The number of rotatable bonds is 2. The molecular weight excluding hydrogens is 153 g/mol. The van der Waals surface area contributed by atoms with Gasteiger partial charge >= 0.3 is 16.3 Å². The maximum absolute atomic E-state index is 11.4. The molecule has 0 aromatic carbocycles. The van der Waals surface area contributed by atoms with Crippen molar-refractivity contribution in [2.24, 2.45) is 5.73 Å². The van der Waals surface area contributed by atoms with Gasteiger partial charge in [-0.1, -0.05) is 0 Å². The topological polar surface area (TPSA) is 86.5 Å². The minimum atomic E-state index is -4.74. The lowest BCUT2D eigenvalue weighted by atomic mass is 11.2. The summed E-state index contributed by atoms with van der Waals surface area (Å²) >= 11 is 0. The summed E-state index contributed by atoms with van der Waals surface area (Å²) in [5.74, 6) is -1.32. The van der Waals surface area contributed by atoms with Gasteiger partial charge in [-0.15, -0.1) is 3.89 Å². The zero-order valence-electron chi connectivity index (χ0n) is 4.20. The molecule has 0 aromatic rings. The van der Waals surface area contributed by atoms with E-state index in [0.717, 1.165) is 0 Å². The summed E-state index contributed by atoms with van der Waals surface area (Å²) in [5, 5.41) is 0. The first kappa shape index (κ1) is 8.15. The zero-order valence-corrected chi connectivity index (χ0v) is 5.02. The summed E-state index contributed by atoms with van der Waals surface area (Å²) < 4.78 is 34.0. The van der Waals surface area contributed by atoms with Gasteiger partial charge in [-0.05, 0) is 0 Å². The zero-order chi connectivity index (χ0) is 7.49. The number of hydrogen-bond acceptors (Lipinski definition) is 4. The van der Waals surface area contributed by atoms with Gasteiger partial charge in [-0.2, -0.15) is 8.42 Å². The van der Waals surface area contributed by atoms with Crippen molar-refractivity contribution in [1.29, 1.82) is 0 Å². The number of halogens is 1. The molecule has 1 amide bonds. The molecule has 0 aliphatic rings. The van der Waals surface area contributed by atoms with Gasteiger partial charge in [0.2, 0.25) is 5.94 Å². The number of carbonyl (C=O) groups excluding carboxylic acids is 1. The van der Waals surface area contributed by atoms with E-state index in [2.05, 4.69) is 10.5 Å². The van der Waals surface area contributed by atoms with Crippen LogP contribution in [0.15, 0.2) is 0 Å². The normalized spacial score (nSPS) is 10.8. The Morgan fingerprint density at radius 2 is 2.11 bits per heavy atom. The number of amides is 1. The van der Waals surface area contributed by atoms with Gasteiger partial charge in [0.15, 0.2) is 0 Å². The Kier molecular flexibility index (Phi) is 2.38. The van der Waals surface area contributed by atoms with Crippen molar-refractivity contribution < 1.29 is 21.8 Å². The van der Waals surface area contributed by atoms with Crippen LogP contribution >= 0.6 is 0 Å². The molecule has 0 atom stereocenters. The Morgan fingerprint density at radius 3 is 2.22 bits per heavy atom. The number of nitrogens with two attached hydrogens (primary N) is 1. The maximum atomic E-state index is 11.4. The fraction of sp³-hybridized carbons (Fsp3) is 0.500. The molecule has 0 aromatic heterocycles. The van der Waals surface area contributed by atoms with Crippen LogP contribution in [0.3, 0.4) is 0 Å². The van der Waals surface area contributed by atoms with Gasteiger partial charge < -0.3 is 10.5 Å². The second-order valence-corrected chi connectivity index (χ2v) is 2.43. The Labute approximate surface area is 50.8 Å². The smallest absolute Gasteiger partial charge is 0.405 e. The molecule has 0 radical (unpaired) electrons. The van der Waals surface area contributed by atoms with E-state index in [-0.39, 0.29) is 0 Å². The van der Waals surface area contributed by atoms with Gasteiger partial charge in [0.1, 0.15) is 0 Å². The number of hydrogen-bond donors (Lipinski definition) is 1. The first-order valence-corrected chi connectivity index (χ1v) is 3.31. The lowest BCUT2D eigenvalue weighted by Crippen LogP contribution is -2.16. The monoisotopic (exact) mass is 157 g/mol. The quantitative estimate of drug-likeness (QED) is 0.539. The fourth-order valence-corrected chi connectivity index (χ4v) is 0.385. The predicted molar refractivity (Wildman–Crippen MR) is 25.6 cm³/mol. The highest BCUT2D eigenvalue weighted by molar-refractivity contribution is 7.86. The minimum Gasteiger partial charge on any atom is -0.430 e. The molecule has 0 aliphatic carbocycles. The van der Waals surface area contributed by atoms with Crippen molar-refractivity contribution in [3.63, 3.8) is 0 Å². The van der Waals surface area contributed by atoms with Crippen LogP contribution in [0.2, 0.25) is 0 Å². The molecule has 0 saturated carbocycles. The van der Waals surface area contributed by atoms with Crippen LogP contribution in [0.5, 0.6) is 0 Å². The SMILES string of the molecule is NC(=O)OCS(=O)(=O)F. The van der Waals surface area contributed by atoms with Gasteiger partial charge in [0, 0.05) is 0 Å². The molecule has 0 rings (SSSR count). The first-order chi connectivity index (χ1) is 3.92. The summed E-state index contributed by atoms with van der Waals surface area (Å²) in [6.07, 6.45) is -1.32. The molecule has 0 unspecified atom stereocenters. The van der Waals surface area contributed by atoms with E-state index in [1.54, 1.807) is 0 Å². The third-order valence-electron chi connectivity index (χ3n) is 0.342. The van der Waals surface area contributed by atoms with E-state index >= 15 is 0 Å². The Hall–Kier alpha value is -0.850. The lowest BCUT2D eigenvalue weighted by Gasteiger charge is -1.93. The van der Waals surface area contributed by atoms with Gasteiger partial charge in [0.05, 0.1) is 0 Å². The molecular formula is C2H4FNO4S. The van der Waals surface area contributed by atoms with Crippen LogP contribution < -0.4 is 5.73 Å². The summed E-state index contributed by atoms with van der Waals surface area (Å²) in [6, 6.07) is 0. The van der Waals surface area contributed by atoms with Crippen molar-refractivity contribution >= 4 is 16.3 Å². The summed E-state index contributed by atoms with van der Waals surface area (Å²) in [4.78, 5) is 9.61. The second kappa shape index (κ2) is 2.62. The summed E-state index contributed by atoms with van der Waals surface area (Å²) in [7, 11) is -4.74. The van der Waals surface area contributed by atoms with E-state index in [0.29, 0.717) is 0 Å². The molecule has 9 heavy (non-hydrogen) atoms. The van der Waals surface area contributed by atoms with E-state index in [1.165, 1.54) is 0 Å². The van der Waals surface area contributed by atoms with Crippen LogP contribution in [0.1, 0.15) is 0 Å². The molecule has 2 N–H and O–H groups in total. The van der Waals surface area contributed by atoms with E-state index in [4.69, 9.17) is 0 Å². The van der Waals surface area contributed by atoms with Crippen molar-refractivity contribution in [3.8, 4) is 0 Å². The van der Waals surface area contributed by atoms with Crippen LogP contribution in [-0.2, 0) is 15.0 Å². The molecule has 0 saturated heterocycles. The predicted octanol–water partition coefficient (Wildman–Crippen LogP) is -0.661. The molecule has 0 aliphatic heterocycles. The molecule has 0 spiro atoms. The summed E-state index contributed by atoms with van der Waals surface area (Å²) in [5.41, 5.74) is 4.31. The van der Waals surface area contributed by atoms with Gasteiger partial charge in [-0.25, -0.2) is 4.79 Å². The molecule has 0 heterocycles. The Balaban J connectivity index is 3.67. The van der Waals surface area contributed by atoms with E-state index < -0.39 is 22.3 Å². The van der Waals surface area contributed by atoms with Gasteiger partial charge in [-0.3, -0.25) is 0 Å². The fourth-order valence-electron chi connectivity index (χ4n) is 0.128. The van der Waals surface area contributed by atoms with Crippen LogP contribution in [0.4, 0.5) is 8.68 Å². The standard InChI is InChI=1S/C2H4FNO4S/c3-9(6,7)1-8-2(4)5/h1H2,(H2,4,5). The van der Waals surface area contributed by atoms with E-state index in [9.17, 15) is 17.1 Å². The highest BCUT2D eigenvalue weighted by Crippen LogP contribution is 1.89. The number of ether oxygens (including phenoxy) is 1. The van der Waals surface area contributed by atoms with Gasteiger partial charge in [0.25, 0.3) is 0 Å². The van der Waals surface area contributed by atoms with Crippen molar-refractivity contribution in [2.75, 3.05) is 5.94 Å². The Bertz CT molecular complexity index is 197. The molecule has 0 bridgehead atoms. The molecule has 0 fully saturated rings. The Morgan fingerprint density at radius 1 is 1.67 bits per heavy atom. The van der Waals surface area contributed by atoms with Crippen molar-refractivity contribution in [3.05, 3.63) is 0 Å². The molecule has 5 nitrogen and oxygen atoms in total. The first-order valence-electron chi connectivity index (χ1n) is 1.76. The van der Waals surface area contributed by atoms with Crippen LogP contribution in [0.25, 0.3) is 0 Å². The average Bonchev–Trinajstić information content (AvgIpc) is 1.59. The van der Waals surface area contributed by atoms with Crippen molar-refractivity contribution in [2.45, 2.75) is 0 Å². The third-order valence-corrected chi connectivity index (χ3v) is 0.741. The highest BCUT2D eigenvalue weighted by atomic mass is 32.3. The van der Waals surface area contributed by atoms with E-state index in [1.807, 2.05) is 0 Å².